The molecule has 1 aromatic carbocycles. The molecule has 0 aliphatic carbocycles. The Morgan fingerprint density at radius 3 is 2.81 bits per heavy atom. The van der Waals surface area contributed by atoms with Crippen LogP contribution in [0.2, 0.25) is 0 Å². The van der Waals surface area contributed by atoms with E-state index >= 15 is 0 Å². The average Bonchev–Trinajstić information content (AvgIpc) is 3.09. The monoisotopic (exact) mass is 377 g/mol. The van der Waals surface area contributed by atoms with Crippen molar-refractivity contribution in [3.8, 4) is 11.3 Å². The van der Waals surface area contributed by atoms with Crippen LogP contribution >= 0.6 is 11.3 Å². The minimum absolute atomic E-state index is 0.338. The fourth-order valence-corrected chi connectivity index (χ4v) is 3.48. The molecule has 1 aliphatic rings. The lowest BCUT2D eigenvalue weighted by atomic mass is 9.85. The number of carboxylic acid groups (broad SMARTS) is 1. The van der Waals surface area contributed by atoms with Gasteiger partial charge in [0.05, 0.1) is 11.3 Å². The summed E-state index contributed by atoms with van der Waals surface area (Å²) in [5, 5.41) is 26.1. The maximum absolute atomic E-state index is 11.7. The summed E-state index contributed by atoms with van der Waals surface area (Å²) in [5.74, 6) is -0.487. The third-order valence-electron chi connectivity index (χ3n) is 4.17. The lowest BCUT2D eigenvalue weighted by Gasteiger charge is -2.32. The summed E-state index contributed by atoms with van der Waals surface area (Å²) >= 11 is 1.25. The SMILES string of the molecule is O=C(O)NCC(=O)Nc1nc(-c2cccc(C3(O)CCOCC3)c2)cs1. The molecule has 3 rings (SSSR count). The predicted molar refractivity (Wildman–Crippen MR) is 96.2 cm³/mol. The van der Waals surface area contributed by atoms with E-state index < -0.39 is 17.6 Å². The molecule has 0 atom stereocenters. The zero-order valence-electron chi connectivity index (χ0n) is 13.9. The number of nitrogens with zero attached hydrogens (tertiary/aromatic N) is 1. The van der Waals surface area contributed by atoms with E-state index in [0.717, 1.165) is 11.1 Å². The second-order valence-electron chi connectivity index (χ2n) is 5.97. The molecule has 1 saturated heterocycles. The number of rotatable bonds is 5. The van der Waals surface area contributed by atoms with Crippen LogP contribution in [0.15, 0.2) is 29.6 Å². The van der Waals surface area contributed by atoms with Crippen LogP contribution < -0.4 is 10.6 Å². The number of benzene rings is 1. The topological polar surface area (TPSA) is 121 Å². The Kier molecular flexibility index (Phi) is 5.50. The minimum atomic E-state index is -1.26. The van der Waals surface area contributed by atoms with Crippen molar-refractivity contribution in [2.45, 2.75) is 18.4 Å². The first kappa shape index (κ1) is 18.3. The Morgan fingerprint density at radius 1 is 1.31 bits per heavy atom. The molecule has 2 amide bonds. The average molecular weight is 377 g/mol. The smallest absolute Gasteiger partial charge is 0.405 e. The van der Waals surface area contributed by atoms with E-state index in [1.807, 2.05) is 29.6 Å². The lowest BCUT2D eigenvalue weighted by molar-refractivity contribution is -0.115. The van der Waals surface area contributed by atoms with E-state index in [1.165, 1.54) is 11.3 Å². The van der Waals surface area contributed by atoms with Gasteiger partial charge in [-0.2, -0.15) is 0 Å². The number of thiazole rings is 1. The van der Waals surface area contributed by atoms with Crippen LogP contribution in [0.1, 0.15) is 18.4 Å². The summed E-state index contributed by atoms with van der Waals surface area (Å²) in [4.78, 5) is 26.4. The molecule has 0 spiro atoms. The number of aromatic nitrogens is 1. The molecule has 138 valence electrons. The third-order valence-corrected chi connectivity index (χ3v) is 4.92. The molecular formula is C17H19N3O5S. The number of carbonyl (C=O) groups is 2. The lowest BCUT2D eigenvalue weighted by Crippen LogP contribution is -2.33. The van der Waals surface area contributed by atoms with Gasteiger partial charge in [-0.3, -0.25) is 4.79 Å². The molecule has 26 heavy (non-hydrogen) atoms. The van der Waals surface area contributed by atoms with E-state index in [-0.39, 0.29) is 6.54 Å². The molecule has 2 aromatic rings. The number of amides is 2. The van der Waals surface area contributed by atoms with E-state index in [1.54, 1.807) is 5.38 Å². The van der Waals surface area contributed by atoms with Crippen molar-refractivity contribution in [3.63, 3.8) is 0 Å². The first-order chi connectivity index (χ1) is 12.5. The van der Waals surface area contributed by atoms with Gasteiger partial charge in [0.2, 0.25) is 5.91 Å². The Balaban J connectivity index is 1.72. The summed E-state index contributed by atoms with van der Waals surface area (Å²) < 4.78 is 5.32. The zero-order chi connectivity index (χ0) is 18.6. The van der Waals surface area contributed by atoms with Crippen molar-refractivity contribution in [2.24, 2.45) is 0 Å². The van der Waals surface area contributed by atoms with Gasteiger partial charge in [0.1, 0.15) is 6.54 Å². The standard InChI is InChI=1S/C17H19N3O5S/c21-14(9-18-16(22)23)20-15-19-13(10-26-15)11-2-1-3-12(8-11)17(24)4-6-25-7-5-17/h1-3,8,10,18,24H,4-7,9H2,(H,22,23)(H,19,20,21). The molecule has 0 bridgehead atoms. The fraction of sp³-hybridized carbons (Fsp3) is 0.353. The number of aliphatic hydroxyl groups is 1. The van der Waals surface area contributed by atoms with Gasteiger partial charge in [-0.1, -0.05) is 18.2 Å². The maximum atomic E-state index is 11.7. The normalized spacial score (nSPS) is 16.0. The van der Waals surface area contributed by atoms with Crippen molar-refractivity contribution in [1.82, 2.24) is 10.3 Å². The van der Waals surface area contributed by atoms with E-state index in [0.29, 0.717) is 36.9 Å². The van der Waals surface area contributed by atoms with Crippen molar-refractivity contribution in [3.05, 3.63) is 35.2 Å². The predicted octanol–water partition coefficient (Wildman–Crippen LogP) is 2.01. The second kappa shape index (κ2) is 7.81. The molecule has 4 N–H and O–H groups in total. The molecule has 9 heteroatoms. The van der Waals surface area contributed by atoms with E-state index in [2.05, 4.69) is 10.3 Å². The fourth-order valence-electron chi connectivity index (χ4n) is 2.75. The Morgan fingerprint density at radius 2 is 2.08 bits per heavy atom. The van der Waals surface area contributed by atoms with Gasteiger partial charge in [0.15, 0.2) is 5.13 Å². The zero-order valence-corrected chi connectivity index (χ0v) is 14.7. The van der Waals surface area contributed by atoms with Gasteiger partial charge in [0.25, 0.3) is 0 Å². The number of nitrogens with one attached hydrogen (secondary N) is 2. The van der Waals surface area contributed by atoms with Crippen LogP contribution in [0.5, 0.6) is 0 Å². The Labute approximate surface area is 153 Å². The highest BCUT2D eigenvalue weighted by atomic mass is 32.1. The highest BCUT2D eigenvalue weighted by Crippen LogP contribution is 2.34. The Bertz CT molecular complexity index is 801. The summed E-state index contributed by atoms with van der Waals surface area (Å²) in [5.41, 5.74) is 1.43. The van der Waals surface area contributed by atoms with Crippen molar-refractivity contribution >= 4 is 28.5 Å². The number of anilines is 1. The van der Waals surface area contributed by atoms with Gasteiger partial charge >= 0.3 is 6.09 Å². The van der Waals surface area contributed by atoms with Gasteiger partial charge in [0, 0.05) is 37.0 Å². The molecule has 8 nitrogen and oxygen atoms in total. The Hall–Kier alpha value is -2.49. The summed E-state index contributed by atoms with van der Waals surface area (Å²) in [6.45, 7) is 0.713. The van der Waals surface area contributed by atoms with Crippen molar-refractivity contribution < 1.29 is 24.5 Å². The highest BCUT2D eigenvalue weighted by Gasteiger charge is 2.31. The molecule has 1 fully saturated rings. The van der Waals surface area contributed by atoms with Crippen LogP contribution in [0, 0.1) is 0 Å². The van der Waals surface area contributed by atoms with E-state index in [4.69, 9.17) is 9.84 Å². The summed E-state index contributed by atoms with van der Waals surface area (Å²) in [6, 6.07) is 7.55. The first-order valence-electron chi connectivity index (χ1n) is 8.09. The van der Waals surface area contributed by atoms with Crippen LogP contribution in [-0.4, -0.2) is 47.0 Å². The van der Waals surface area contributed by atoms with Gasteiger partial charge in [-0.15, -0.1) is 11.3 Å². The largest absolute Gasteiger partial charge is 0.465 e. The van der Waals surface area contributed by atoms with Crippen LogP contribution in [0.3, 0.4) is 0 Å². The molecule has 1 aromatic heterocycles. The minimum Gasteiger partial charge on any atom is -0.465 e. The molecule has 1 aliphatic heterocycles. The first-order valence-corrected chi connectivity index (χ1v) is 8.97. The third kappa shape index (κ3) is 4.37. The van der Waals surface area contributed by atoms with Gasteiger partial charge in [-0.25, -0.2) is 9.78 Å². The van der Waals surface area contributed by atoms with E-state index in [9.17, 15) is 14.7 Å². The van der Waals surface area contributed by atoms with Gasteiger partial charge < -0.3 is 25.6 Å². The van der Waals surface area contributed by atoms with Crippen LogP contribution in [0.25, 0.3) is 11.3 Å². The molecule has 0 saturated carbocycles. The van der Waals surface area contributed by atoms with Gasteiger partial charge in [-0.05, 0) is 11.6 Å². The molecular weight excluding hydrogens is 358 g/mol. The van der Waals surface area contributed by atoms with Crippen molar-refractivity contribution in [2.75, 3.05) is 25.1 Å². The summed E-state index contributed by atoms with van der Waals surface area (Å²) in [7, 11) is 0. The number of hydrogen-bond acceptors (Lipinski definition) is 6. The quantitative estimate of drug-likeness (QED) is 0.633. The number of carbonyl (C=O) groups excluding carboxylic acids is 1. The number of hydrogen-bond donors (Lipinski definition) is 4. The highest BCUT2D eigenvalue weighted by molar-refractivity contribution is 7.14. The molecule has 2 heterocycles. The van der Waals surface area contributed by atoms with Crippen molar-refractivity contribution in [1.29, 1.82) is 0 Å². The second-order valence-corrected chi connectivity index (χ2v) is 6.83. The maximum Gasteiger partial charge on any atom is 0.405 e. The van der Waals surface area contributed by atoms with Crippen LogP contribution in [-0.2, 0) is 15.1 Å². The number of ether oxygens (including phenoxy) is 1. The molecule has 0 radical (unpaired) electrons. The van der Waals surface area contributed by atoms with Crippen LogP contribution in [0.4, 0.5) is 9.93 Å². The molecule has 0 unspecified atom stereocenters. The summed E-state index contributed by atoms with van der Waals surface area (Å²) in [6.07, 6.45) is -0.167.